The number of carbonyl (C=O) groups is 1. The van der Waals surface area contributed by atoms with Crippen LogP contribution in [0, 0.1) is 0 Å². The lowest BCUT2D eigenvalue weighted by molar-refractivity contribution is -0.189. The van der Waals surface area contributed by atoms with Crippen LogP contribution in [-0.2, 0) is 20.9 Å². The van der Waals surface area contributed by atoms with Crippen molar-refractivity contribution < 1.29 is 23.0 Å². The van der Waals surface area contributed by atoms with Crippen molar-refractivity contribution in [1.29, 1.82) is 0 Å². The fourth-order valence-electron chi connectivity index (χ4n) is 2.15. The SMILES string of the molecule is CCOC(=O)C(F)(F)C(/C=C/c1ccccc1)OCc1ccccc1. The molecule has 1 unspecified atom stereocenters. The van der Waals surface area contributed by atoms with Gasteiger partial charge in [-0.05, 0) is 24.1 Å². The summed E-state index contributed by atoms with van der Waals surface area (Å²) >= 11 is 0. The molecular weight excluding hydrogens is 326 g/mol. The number of ether oxygens (including phenoxy) is 2. The first-order chi connectivity index (χ1) is 12.0. The number of rotatable bonds is 8. The van der Waals surface area contributed by atoms with Crippen LogP contribution in [0.4, 0.5) is 8.78 Å². The van der Waals surface area contributed by atoms with E-state index >= 15 is 0 Å². The lowest BCUT2D eigenvalue weighted by Gasteiger charge is -2.23. The highest BCUT2D eigenvalue weighted by atomic mass is 19.3. The number of hydrogen-bond acceptors (Lipinski definition) is 3. The third-order valence-electron chi connectivity index (χ3n) is 3.44. The molecule has 2 aromatic rings. The summed E-state index contributed by atoms with van der Waals surface area (Å²) in [7, 11) is 0. The highest BCUT2D eigenvalue weighted by Gasteiger charge is 2.48. The van der Waals surface area contributed by atoms with Gasteiger partial charge in [-0.1, -0.05) is 66.7 Å². The second-order valence-electron chi connectivity index (χ2n) is 5.33. The van der Waals surface area contributed by atoms with E-state index in [0.29, 0.717) is 0 Å². The molecule has 2 aromatic carbocycles. The second kappa shape index (κ2) is 9.08. The average molecular weight is 346 g/mol. The summed E-state index contributed by atoms with van der Waals surface area (Å²) in [6.07, 6.45) is 0.963. The van der Waals surface area contributed by atoms with E-state index in [1.54, 1.807) is 48.5 Å². The Hall–Kier alpha value is -2.53. The molecule has 3 nitrogen and oxygen atoms in total. The number of alkyl halides is 2. The quantitative estimate of drug-likeness (QED) is 0.661. The van der Waals surface area contributed by atoms with E-state index in [4.69, 9.17) is 4.74 Å². The number of hydrogen-bond donors (Lipinski definition) is 0. The summed E-state index contributed by atoms with van der Waals surface area (Å²) in [6.45, 7) is 1.31. The van der Waals surface area contributed by atoms with Crippen molar-refractivity contribution in [2.45, 2.75) is 25.6 Å². The summed E-state index contributed by atoms with van der Waals surface area (Å²) in [5.74, 6) is -5.37. The maximum atomic E-state index is 14.4. The van der Waals surface area contributed by atoms with Gasteiger partial charge in [0.25, 0.3) is 0 Å². The zero-order valence-electron chi connectivity index (χ0n) is 13.9. The molecule has 0 bridgehead atoms. The monoisotopic (exact) mass is 346 g/mol. The summed E-state index contributed by atoms with van der Waals surface area (Å²) in [5.41, 5.74) is 1.47. The van der Waals surface area contributed by atoms with E-state index in [9.17, 15) is 13.6 Å². The Kier molecular flexibility index (Phi) is 6.83. The maximum Gasteiger partial charge on any atom is 0.380 e. The first-order valence-electron chi connectivity index (χ1n) is 7.98. The Labute approximate surface area is 145 Å². The van der Waals surface area contributed by atoms with E-state index in [2.05, 4.69) is 4.74 Å². The van der Waals surface area contributed by atoms with Gasteiger partial charge in [0, 0.05) is 0 Å². The van der Waals surface area contributed by atoms with Crippen molar-refractivity contribution >= 4 is 12.0 Å². The number of esters is 1. The molecular formula is C20H20F2O3. The molecule has 1 atom stereocenters. The van der Waals surface area contributed by atoms with Gasteiger partial charge in [0.15, 0.2) is 6.10 Å². The van der Waals surface area contributed by atoms with Gasteiger partial charge in [-0.25, -0.2) is 4.79 Å². The molecule has 0 aliphatic rings. The van der Waals surface area contributed by atoms with E-state index in [0.717, 1.165) is 11.1 Å². The lowest BCUT2D eigenvalue weighted by atomic mass is 10.1. The molecule has 0 aliphatic carbocycles. The van der Waals surface area contributed by atoms with Gasteiger partial charge in [-0.15, -0.1) is 0 Å². The molecule has 25 heavy (non-hydrogen) atoms. The van der Waals surface area contributed by atoms with E-state index in [1.807, 2.05) is 12.1 Å². The smallest absolute Gasteiger partial charge is 0.380 e. The molecule has 2 rings (SSSR count). The predicted molar refractivity (Wildman–Crippen MR) is 92.1 cm³/mol. The molecule has 0 radical (unpaired) electrons. The van der Waals surface area contributed by atoms with Crippen molar-refractivity contribution in [2.75, 3.05) is 6.61 Å². The summed E-state index contributed by atoms with van der Waals surface area (Å²) < 4.78 is 38.7. The topological polar surface area (TPSA) is 35.5 Å². The van der Waals surface area contributed by atoms with Gasteiger partial charge in [0.05, 0.1) is 13.2 Å². The predicted octanol–water partition coefficient (Wildman–Crippen LogP) is 4.48. The Morgan fingerprint density at radius 3 is 2.28 bits per heavy atom. The maximum absolute atomic E-state index is 14.4. The molecule has 0 heterocycles. The van der Waals surface area contributed by atoms with Gasteiger partial charge >= 0.3 is 11.9 Å². The molecule has 0 aliphatic heterocycles. The zero-order valence-corrected chi connectivity index (χ0v) is 13.9. The van der Waals surface area contributed by atoms with Crippen LogP contribution >= 0.6 is 0 Å². The summed E-state index contributed by atoms with van der Waals surface area (Å²) in [5, 5.41) is 0. The van der Waals surface area contributed by atoms with Crippen LogP contribution in [0.1, 0.15) is 18.1 Å². The molecule has 0 saturated heterocycles. The number of benzene rings is 2. The fourth-order valence-corrected chi connectivity index (χ4v) is 2.15. The summed E-state index contributed by atoms with van der Waals surface area (Å²) in [4.78, 5) is 11.6. The van der Waals surface area contributed by atoms with Crippen LogP contribution in [0.3, 0.4) is 0 Å². The normalized spacial score (nSPS) is 12.9. The van der Waals surface area contributed by atoms with Gasteiger partial charge in [-0.3, -0.25) is 0 Å². The number of carbonyl (C=O) groups excluding carboxylic acids is 1. The molecule has 132 valence electrons. The van der Waals surface area contributed by atoms with Crippen LogP contribution in [0.2, 0.25) is 0 Å². The van der Waals surface area contributed by atoms with Crippen molar-refractivity contribution in [1.82, 2.24) is 0 Å². The minimum atomic E-state index is -3.78. The van der Waals surface area contributed by atoms with Gasteiger partial charge in [-0.2, -0.15) is 8.78 Å². The van der Waals surface area contributed by atoms with Crippen LogP contribution in [0.5, 0.6) is 0 Å². The van der Waals surface area contributed by atoms with Crippen molar-refractivity contribution in [3.05, 3.63) is 77.9 Å². The Morgan fingerprint density at radius 1 is 1.08 bits per heavy atom. The fraction of sp³-hybridized carbons (Fsp3) is 0.250. The van der Waals surface area contributed by atoms with Crippen molar-refractivity contribution in [2.24, 2.45) is 0 Å². The van der Waals surface area contributed by atoms with Crippen LogP contribution in [-0.4, -0.2) is 24.6 Å². The average Bonchev–Trinajstić information content (AvgIpc) is 2.63. The molecule has 0 N–H and O–H groups in total. The van der Waals surface area contributed by atoms with Crippen LogP contribution in [0.15, 0.2) is 66.7 Å². The third kappa shape index (κ3) is 5.50. The van der Waals surface area contributed by atoms with E-state index in [1.165, 1.54) is 19.1 Å². The molecule has 0 spiro atoms. The van der Waals surface area contributed by atoms with Crippen LogP contribution < -0.4 is 0 Å². The highest BCUT2D eigenvalue weighted by molar-refractivity contribution is 5.79. The molecule has 5 heteroatoms. The van der Waals surface area contributed by atoms with Gasteiger partial charge in [0.2, 0.25) is 0 Å². The Bertz CT molecular complexity index is 685. The highest BCUT2D eigenvalue weighted by Crippen LogP contribution is 2.26. The second-order valence-corrected chi connectivity index (χ2v) is 5.33. The van der Waals surface area contributed by atoms with Gasteiger partial charge < -0.3 is 9.47 Å². The number of halogens is 2. The van der Waals surface area contributed by atoms with Crippen molar-refractivity contribution in [3.63, 3.8) is 0 Å². The summed E-state index contributed by atoms with van der Waals surface area (Å²) in [6, 6.07) is 17.9. The first-order valence-corrected chi connectivity index (χ1v) is 7.98. The minimum absolute atomic E-state index is 0.0420. The first kappa shape index (κ1) is 18.8. The minimum Gasteiger partial charge on any atom is -0.461 e. The molecule has 0 saturated carbocycles. The van der Waals surface area contributed by atoms with E-state index < -0.39 is 18.0 Å². The van der Waals surface area contributed by atoms with Crippen molar-refractivity contribution in [3.8, 4) is 0 Å². The lowest BCUT2D eigenvalue weighted by Crippen LogP contribution is -2.43. The Balaban J connectivity index is 2.17. The largest absolute Gasteiger partial charge is 0.461 e. The van der Waals surface area contributed by atoms with Gasteiger partial charge in [0.1, 0.15) is 0 Å². The third-order valence-corrected chi connectivity index (χ3v) is 3.44. The van der Waals surface area contributed by atoms with E-state index in [-0.39, 0.29) is 13.2 Å². The standard InChI is InChI=1S/C20H20F2O3/c1-2-24-19(23)20(21,22)18(14-13-16-9-5-3-6-10-16)25-15-17-11-7-4-8-12-17/h3-14,18H,2,15H2,1H3/b14-13+. The molecule has 0 aromatic heterocycles. The van der Waals surface area contributed by atoms with Crippen LogP contribution in [0.25, 0.3) is 6.08 Å². The Morgan fingerprint density at radius 2 is 1.68 bits per heavy atom. The molecule has 0 amide bonds. The molecule has 0 fully saturated rings. The zero-order chi connectivity index (χ0) is 18.1.